The molecule has 0 aliphatic carbocycles. The monoisotopic (exact) mass is 186 g/mol. The SMILES string of the molecule is CC1=CNC(c2ccc(C)cc2)=NC1. The van der Waals surface area contributed by atoms with Crippen LogP contribution in [0, 0.1) is 6.92 Å². The molecule has 0 atom stereocenters. The Bertz CT molecular complexity index is 385. The van der Waals surface area contributed by atoms with Gasteiger partial charge in [-0.05, 0) is 19.4 Å². The first-order valence-corrected chi connectivity index (χ1v) is 4.79. The van der Waals surface area contributed by atoms with Crippen LogP contribution in [-0.4, -0.2) is 12.4 Å². The molecule has 0 amide bonds. The molecule has 0 aromatic heterocycles. The lowest BCUT2D eigenvalue weighted by atomic mass is 10.1. The van der Waals surface area contributed by atoms with Crippen LogP contribution < -0.4 is 5.32 Å². The molecule has 0 spiro atoms. The van der Waals surface area contributed by atoms with Gasteiger partial charge in [0.05, 0.1) is 6.54 Å². The Balaban J connectivity index is 2.21. The number of aryl methyl sites for hydroxylation is 1. The van der Waals surface area contributed by atoms with Crippen molar-refractivity contribution in [3.63, 3.8) is 0 Å². The van der Waals surface area contributed by atoms with Crippen molar-refractivity contribution in [2.75, 3.05) is 6.54 Å². The largest absolute Gasteiger partial charge is 0.346 e. The maximum Gasteiger partial charge on any atom is 0.132 e. The van der Waals surface area contributed by atoms with E-state index in [-0.39, 0.29) is 0 Å². The second-order valence-electron chi connectivity index (χ2n) is 3.67. The van der Waals surface area contributed by atoms with Crippen molar-refractivity contribution in [3.05, 3.63) is 47.2 Å². The highest BCUT2D eigenvalue weighted by molar-refractivity contribution is 5.99. The first-order chi connectivity index (χ1) is 6.75. The summed E-state index contributed by atoms with van der Waals surface area (Å²) in [6, 6.07) is 8.39. The predicted molar refractivity (Wildman–Crippen MR) is 59.5 cm³/mol. The molecule has 0 radical (unpaired) electrons. The maximum atomic E-state index is 4.45. The van der Waals surface area contributed by atoms with Crippen LogP contribution in [0.25, 0.3) is 0 Å². The van der Waals surface area contributed by atoms with E-state index in [1.807, 2.05) is 6.20 Å². The van der Waals surface area contributed by atoms with E-state index in [4.69, 9.17) is 0 Å². The lowest BCUT2D eigenvalue weighted by molar-refractivity contribution is 1.03. The zero-order chi connectivity index (χ0) is 9.97. The van der Waals surface area contributed by atoms with Crippen LogP contribution >= 0.6 is 0 Å². The summed E-state index contributed by atoms with van der Waals surface area (Å²) in [6.07, 6.45) is 2.02. The zero-order valence-corrected chi connectivity index (χ0v) is 8.54. The van der Waals surface area contributed by atoms with Gasteiger partial charge in [0.2, 0.25) is 0 Å². The quantitative estimate of drug-likeness (QED) is 0.714. The summed E-state index contributed by atoms with van der Waals surface area (Å²) in [7, 11) is 0. The van der Waals surface area contributed by atoms with Crippen molar-refractivity contribution >= 4 is 5.84 Å². The summed E-state index contributed by atoms with van der Waals surface area (Å²) >= 11 is 0. The maximum absolute atomic E-state index is 4.45. The second kappa shape index (κ2) is 3.66. The van der Waals surface area contributed by atoms with E-state index in [2.05, 4.69) is 48.4 Å². The van der Waals surface area contributed by atoms with Crippen LogP contribution in [-0.2, 0) is 0 Å². The van der Waals surface area contributed by atoms with Crippen LogP contribution in [0.2, 0.25) is 0 Å². The van der Waals surface area contributed by atoms with E-state index >= 15 is 0 Å². The lowest BCUT2D eigenvalue weighted by Crippen LogP contribution is -2.23. The highest BCUT2D eigenvalue weighted by Gasteiger charge is 2.04. The van der Waals surface area contributed by atoms with Crippen LogP contribution in [0.4, 0.5) is 0 Å². The van der Waals surface area contributed by atoms with Crippen molar-refractivity contribution in [2.45, 2.75) is 13.8 Å². The molecular weight excluding hydrogens is 172 g/mol. The van der Waals surface area contributed by atoms with Crippen LogP contribution in [0.1, 0.15) is 18.1 Å². The summed E-state index contributed by atoms with van der Waals surface area (Å²) in [5.41, 5.74) is 3.69. The minimum Gasteiger partial charge on any atom is -0.346 e. The number of benzene rings is 1. The lowest BCUT2D eigenvalue weighted by Gasteiger charge is -2.12. The summed E-state index contributed by atoms with van der Waals surface area (Å²) < 4.78 is 0. The molecule has 1 heterocycles. The molecule has 1 aromatic carbocycles. The van der Waals surface area contributed by atoms with Gasteiger partial charge in [-0.25, -0.2) is 0 Å². The average Bonchev–Trinajstić information content (AvgIpc) is 2.21. The van der Waals surface area contributed by atoms with Gasteiger partial charge in [0, 0.05) is 11.8 Å². The molecule has 2 heteroatoms. The molecule has 1 aliphatic heterocycles. The van der Waals surface area contributed by atoms with Gasteiger partial charge in [0.1, 0.15) is 5.84 Å². The summed E-state index contributed by atoms with van der Waals surface area (Å²) in [4.78, 5) is 4.45. The van der Waals surface area contributed by atoms with Crippen molar-refractivity contribution < 1.29 is 0 Å². The Labute approximate surface area is 84.4 Å². The molecule has 1 aliphatic rings. The van der Waals surface area contributed by atoms with E-state index in [1.54, 1.807) is 0 Å². The molecule has 2 rings (SSSR count). The Morgan fingerprint density at radius 2 is 1.86 bits per heavy atom. The van der Waals surface area contributed by atoms with E-state index in [1.165, 1.54) is 11.1 Å². The first kappa shape index (κ1) is 9.00. The second-order valence-corrected chi connectivity index (χ2v) is 3.67. The predicted octanol–water partition coefficient (Wildman–Crippen LogP) is 2.25. The van der Waals surface area contributed by atoms with E-state index < -0.39 is 0 Å². The van der Waals surface area contributed by atoms with Gasteiger partial charge in [-0.3, -0.25) is 4.99 Å². The van der Waals surface area contributed by atoms with E-state index in [0.29, 0.717) is 0 Å². The molecule has 0 saturated heterocycles. The zero-order valence-electron chi connectivity index (χ0n) is 8.54. The fraction of sp³-hybridized carbons (Fsp3) is 0.250. The fourth-order valence-corrected chi connectivity index (χ4v) is 1.37. The Morgan fingerprint density at radius 1 is 1.14 bits per heavy atom. The van der Waals surface area contributed by atoms with Crippen LogP contribution in [0.3, 0.4) is 0 Å². The van der Waals surface area contributed by atoms with Gasteiger partial charge in [-0.1, -0.05) is 29.8 Å². The highest BCUT2D eigenvalue weighted by Crippen LogP contribution is 2.07. The molecule has 2 nitrogen and oxygen atoms in total. The summed E-state index contributed by atoms with van der Waals surface area (Å²) in [6.45, 7) is 4.96. The smallest absolute Gasteiger partial charge is 0.132 e. The third-order valence-electron chi connectivity index (χ3n) is 2.27. The summed E-state index contributed by atoms with van der Waals surface area (Å²) in [5.74, 6) is 0.968. The molecule has 0 bridgehead atoms. The summed E-state index contributed by atoms with van der Waals surface area (Å²) in [5, 5.41) is 3.19. The van der Waals surface area contributed by atoms with Crippen molar-refractivity contribution in [3.8, 4) is 0 Å². The van der Waals surface area contributed by atoms with E-state index in [9.17, 15) is 0 Å². The van der Waals surface area contributed by atoms with Gasteiger partial charge in [0.15, 0.2) is 0 Å². The first-order valence-electron chi connectivity index (χ1n) is 4.79. The average molecular weight is 186 g/mol. The van der Waals surface area contributed by atoms with Crippen molar-refractivity contribution in [1.82, 2.24) is 5.32 Å². The number of hydrogen-bond acceptors (Lipinski definition) is 2. The van der Waals surface area contributed by atoms with Crippen molar-refractivity contribution in [2.24, 2.45) is 4.99 Å². The van der Waals surface area contributed by atoms with Gasteiger partial charge in [-0.15, -0.1) is 0 Å². The molecule has 14 heavy (non-hydrogen) atoms. The number of hydrogen-bond donors (Lipinski definition) is 1. The highest BCUT2D eigenvalue weighted by atomic mass is 15.0. The topological polar surface area (TPSA) is 24.4 Å². The van der Waals surface area contributed by atoms with Gasteiger partial charge >= 0.3 is 0 Å². The number of rotatable bonds is 1. The molecule has 72 valence electrons. The normalized spacial score (nSPS) is 15.6. The minimum absolute atomic E-state index is 0.802. The van der Waals surface area contributed by atoms with Crippen LogP contribution in [0.15, 0.2) is 41.0 Å². The van der Waals surface area contributed by atoms with Gasteiger partial charge in [-0.2, -0.15) is 0 Å². The van der Waals surface area contributed by atoms with Crippen LogP contribution in [0.5, 0.6) is 0 Å². The molecule has 1 N–H and O–H groups in total. The molecular formula is C12H14N2. The molecule has 1 aromatic rings. The minimum atomic E-state index is 0.802. The Kier molecular flexibility index (Phi) is 2.35. The number of aliphatic imine (C=N–C) groups is 1. The molecule has 0 saturated carbocycles. The molecule has 0 unspecified atom stereocenters. The third-order valence-corrected chi connectivity index (χ3v) is 2.27. The Morgan fingerprint density at radius 3 is 2.43 bits per heavy atom. The standard InChI is InChI=1S/C12H14N2/c1-9-3-5-11(6-4-9)12-13-7-10(2)8-14-12/h3-7H,8H2,1-2H3,(H,13,14). The van der Waals surface area contributed by atoms with Gasteiger partial charge in [0.25, 0.3) is 0 Å². The third kappa shape index (κ3) is 1.84. The number of nitrogens with zero attached hydrogens (tertiary/aromatic N) is 1. The number of amidine groups is 1. The Hall–Kier alpha value is -1.57. The fourth-order valence-electron chi connectivity index (χ4n) is 1.37. The number of nitrogens with one attached hydrogen (secondary N) is 1. The van der Waals surface area contributed by atoms with Crippen molar-refractivity contribution in [1.29, 1.82) is 0 Å². The van der Waals surface area contributed by atoms with Gasteiger partial charge < -0.3 is 5.32 Å². The molecule has 0 fully saturated rings. The van der Waals surface area contributed by atoms with E-state index in [0.717, 1.165) is 17.9 Å².